The summed E-state index contributed by atoms with van der Waals surface area (Å²) in [6, 6.07) is 4.81. The molecule has 3 aliphatic heterocycles. The molecule has 0 aromatic carbocycles. The highest BCUT2D eigenvalue weighted by Crippen LogP contribution is 2.40. The van der Waals surface area contributed by atoms with E-state index in [1.165, 1.54) is 11.2 Å². The minimum atomic E-state index is -4.79. The van der Waals surface area contributed by atoms with Crippen molar-refractivity contribution in [3.8, 4) is 6.07 Å². The topological polar surface area (TPSA) is 121 Å². The first-order chi connectivity index (χ1) is 19.6. The molecule has 3 aromatic heterocycles. The predicted octanol–water partition coefficient (Wildman–Crippen LogP) is 2.49. The predicted molar refractivity (Wildman–Crippen MR) is 137 cm³/mol. The summed E-state index contributed by atoms with van der Waals surface area (Å²) in [6.45, 7) is 1.38. The Kier molecular flexibility index (Phi) is 6.62. The number of likely N-dealkylation sites (tertiary alicyclic amines) is 2. The van der Waals surface area contributed by atoms with E-state index < -0.39 is 41.4 Å². The number of amides is 1. The first-order valence-electron chi connectivity index (χ1n) is 13.0. The number of carbonyl (C=O) groups excluding carboxylic acids is 1. The quantitative estimate of drug-likeness (QED) is 0.461. The number of aromatic amines is 1. The SMILES string of the molecule is CN1CC(c2ncnc3[nH]ccc23)=CN1C1(CC#N)CN([C@@H]2CCN(C(=O)c3ccnc(C(F)(F)F)n3)C[C@@H]2F)C1. The monoisotopic (exact) mass is 570 g/mol. The Labute approximate surface area is 232 Å². The van der Waals surface area contributed by atoms with E-state index in [9.17, 15) is 23.2 Å². The molecule has 0 saturated carbocycles. The molecule has 0 aliphatic carbocycles. The highest BCUT2D eigenvalue weighted by atomic mass is 19.4. The summed E-state index contributed by atoms with van der Waals surface area (Å²) in [6.07, 6.45) is 0.504. The Morgan fingerprint density at radius 1 is 1.24 bits per heavy atom. The molecule has 1 N–H and O–H groups in total. The number of aromatic nitrogens is 5. The Balaban J connectivity index is 1.14. The van der Waals surface area contributed by atoms with Gasteiger partial charge in [0, 0.05) is 68.8 Å². The number of halogens is 4. The summed E-state index contributed by atoms with van der Waals surface area (Å²) >= 11 is 0. The van der Waals surface area contributed by atoms with Crippen molar-refractivity contribution in [1.29, 1.82) is 5.26 Å². The van der Waals surface area contributed by atoms with Gasteiger partial charge in [-0.1, -0.05) is 0 Å². The van der Waals surface area contributed by atoms with Crippen LogP contribution in [0.4, 0.5) is 17.6 Å². The fourth-order valence-corrected chi connectivity index (χ4v) is 6.07. The van der Waals surface area contributed by atoms with Gasteiger partial charge in [-0.05, 0) is 18.6 Å². The van der Waals surface area contributed by atoms with E-state index in [-0.39, 0.29) is 19.5 Å². The summed E-state index contributed by atoms with van der Waals surface area (Å²) in [5.74, 6) is -2.18. The largest absolute Gasteiger partial charge is 0.451 e. The molecule has 6 rings (SSSR count). The van der Waals surface area contributed by atoms with Gasteiger partial charge in [-0.15, -0.1) is 0 Å². The minimum Gasteiger partial charge on any atom is -0.346 e. The molecule has 0 radical (unpaired) electrons. The summed E-state index contributed by atoms with van der Waals surface area (Å²) < 4.78 is 54.4. The molecule has 2 atom stereocenters. The molecule has 0 unspecified atom stereocenters. The lowest BCUT2D eigenvalue weighted by Crippen LogP contribution is -2.74. The Morgan fingerprint density at radius 2 is 2.05 bits per heavy atom. The molecule has 1 amide bonds. The number of H-pyrrole nitrogens is 1. The van der Waals surface area contributed by atoms with Gasteiger partial charge in [0.15, 0.2) is 0 Å². The number of hydrogen-bond acceptors (Lipinski definition) is 9. The molecule has 2 fully saturated rings. The van der Waals surface area contributed by atoms with Gasteiger partial charge < -0.3 is 14.9 Å². The molecule has 15 heteroatoms. The summed E-state index contributed by atoms with van der Waals surface area (Å²) in [4.78, 5) is 34.3. The van der Waals surface area contributed by atoms with E-state index in [1.807, 2.05) is 34.2 Å². The number of likely N-dealkylation sites (N-methyl/N-ethyl adjacent to an activating group) is 1. The second-order valence-electron chi connectivity index (χ2n) is 10.6. The van der Waals surface area contributed by atoms with Crippen LogP contribution in [0.5, 0.6) is 0 Å². The average Bonchev–Trinajstić information content (AvgIpc) is 3.57. The Bertz CT molecular complexity index is 1540. The second-order valence-corrected chi connectivity index (χ2v) is 10.6. The maximum absolute atomic E-state index is 15.4. The normalized spacial score (nSPS) is 23.4. The van der Waals surface area contributed by atoms with Crippen molar-refractivity contribution in [1.82, 2.24) is 44.7 Å². The van der Waals surface area contributed by atoms with Crippen molar-refractivity contribution in [2.75, 3.05) is 39.8 Å². The van der Waals surface area contributed by atoms with Crippen LogP contribution in [0.3, 0.4) is 0 Å². The molecule has 3 aromatic rings. The molecule has 11 nitrogen and oxygen atoms in total. The molecule has 3 aliphatic rings. The highest BCUT2D eigenvalue weighted by molar-refractivity contribution is 5.92. The van der Waals surface area contributed by atoms with Crippen LogP contribution in [0, 0.1) is 11.3 Å². The van der Waals surface area contributed by atoms with Gasteiger partial charge in [0.05, 0.1) is 30.3 Å². The fraction of sp³-hybridized carbons (Fsp3) is 0.462. The Hall–Kier alpha value is -4.16. The van der Waals surface area contributed by atoms with Crippen LogP contribution in [0.1, 0.15) is 34.8 Å². The van der Waals surface area contributed by atoms with E-state index in [0.29, 0.717) is 26.1 Å². The van der Waals surface area contributed by atoms with Crippen LogP contribution in [0.2, 0.25) is 0 Å². The lowest BCUT2D eigenvalue weighted by atomic mass is 9.82. The van der Waals surface area contributed by atoms with Crippen LogP contribution >= 0.6 is 0 Å². The van der Waals surface area contributed by atoms with Crippen LogP contribution < -0.4 is 0 Å². The Morgan fingerprint density at radius 3 is 2.78 bits per heavy atom. The maximum Gasteiger partial charge on any atom is 0.451 e. The molecule has 0 bridgehead atoms. The number of nitrogens with zero attached hydrogens (tertiary/aromatic N) is 9. The first-order valence-corrected chi connectivity index (χ1v) is 13.0. The number of alkyl halides is 4. The third-order valence-electron chi connectivity index (χ3n) is 7.98. The smallest absolute Gasteiger partial charge is 0.346 e. The van der Waals surface area contributed by atoms with Gasteiger partial charge in [-0.3, -0.25) is 9.69 Å². The number of fused-ring (bicyclic) bond motifs is 1. The summed E-state index contributed by atoms with van der Waals surface area (Å²) in [7, 11) is 1.93. The van der Waals surface area contributed by atoms with Crippen LogP contribution in [0.15, 0.2) is 37.1 Å². The second kappa shape index (κ2) is 10.0. The number of rotatable bonds is 5. The van der Waals surface area contributed by atoms with Gasteiger partial charge >= 0.3 is 6.18 Å². The number of nitriles is 1. The molecule has 214 valence electrons. The van der Waals surface area contributed by atoms with E-state index in [4.69, 9.17) is 0 Å². The van der Waals surface area contributed by atoms with Crippen molar-refractivity contribution in [3.05, 3.63) is 54.3 Å². The lowest BCUT2D eigenvalue weighted by Gasteiger charge is -2.58. The first kappa shape index (κ1) is 27.0. The van der Waals surface area contributed by atoms with Crippen molar-refractivity contribution in [2.24, 2.45) is 0 Å². The van der Waals surface area contributed by atoms with Crippen LogP contribution in [0.25, 0.3) is 16.6 Å². The maximum atomic E-state index is 15.4. The number of piperidine rings is 1. The molecular formula is C26H26F4N10O. The van der Waals surface area contributed by atoms with E-state index in [0.717, 1.165) is 34.6 Å². The molecule has 41 heavy (non-hydrogen) atoms. The minimum absolute atomic E-state index is 0.172. The van der Waals surface area contributed by atoms with Gasteiger partial charge in [0.25, 0.3) is 5.91 Å². The molecule has 0 spiro atoms. The summed E-state index contributed by atoms with van der Waals surface area (Å²) in [5.41, 5.74) is 1.54. The van der Waals surface area contributed by atoms with E-state index in [1.54, 1.807) is 6.20 Å². The standard InChI is InChI=1S/C26H26F4N10O/c1-37-10-16(21-17-2-7-32-22(17)35-15-34-21)11-40(37)25(5-6-31)13-39(14-25)20-4-9-38(12-18(20)27)23(41)19-3-8-33-24(36-19)26(28,29)30/h2-3,7-8,11,15,18,20H,4-5,9-10,12-14H2,1H3,(H,32,34,35)/t18-,20+/m0/s1. The molecular weight excluding hydrogens is 544 g/mol. The van der Waals surface area contributed by atoms with Gasteiger partial charge in [0.1, 0.15) is 23.8 Å². The van der Waals surface area contributed by atoms with Crippen molar-refractivity contribution >= 4 is 22.5 Å². The zero-order chi connectivity index (χ0) is 28.9. The zero-order valence-corrected chi connectivity index (χ0v) is 22.0. The fourth-order valence-electron chi connectivity index (χ4n) is 6.07. The van der Waals surface area contributed by atoms with Crippen molar-refractivity contribution in [2.45, 2.75) is 36.8 Å². The zero-order valence-electron chi connectivity index (χ0n) is 22.0. The highest BCUT2D eigenvalue weighted by Gasteiger charge is 2.53. The van der Waals surface area contributed by atoms with E-state index in [2.05, 4.69) is 31.0 Å². The average molecular weight is 571 g/mol. The summed E-state index contributed by atoms with van der Waals surface area (Å²) in [5, 5.41) is 14.6. The number of hydrazine groups is 1. The van der Waals surface area contributed by atoms with Crippen molar-refractivity contribution < 1.29 is 22.4 Å². The molecule has 6 heterocycles. The van der Waals surface area contributed by atoms with E-state index >= 15 is 4.39 Å². The van der Waals surface area contributed by atoms with Gasteiger partial charge in [-0.2, -0.15) is 18.4 Å². The van der Waals surface area contributed by atoms with Gasteiger partial charge in [-0.25, -0.2) is 29.3 Å². The van der Waals surface area contributed by atoms with Crippen LogP contribution in [-0.2, 0) is 6.18 Å². The number of nitrogens with one attached hydrogen (secondary N) is 1. The molecule has 2 saturated heterocycles. The third-order valence-corrected chi connectivity index (χ3v) is 7.98. The van der Waals surface area contributed by atoms with Gasteiger partial charge in [0.2, 0.25) is 5.82 Å². The van der Waals surface area contributed by atoms with Crippen LogP contribution in [-0.4, -0.2) is 108 Å². The lowest BCUT2D eigenvalue weighted by molar-refractivity contribution is -0.145. The van der Waals surface area contributed by atoms with Crippen molar-refractivity contribution in [3.63, 3.8) is 0 Å². The number of carbonyl (C=O) groups is 1. The number of hydrogen-bond donors (Lipinski definition) is 1. The third kappa shape index (κ3) is 4.76.